The van der Waals surface area contributed by atoms with Crippen molar-refractivity contribution in [1.29, 1.82) is 0 Å². The number of aryl methyl sites for hydroxylation is 2. The van der Waals surface area contributed by atoms with Gasteiger partial charge in [0.15, 0.2) is 0 Å². The van der Waals surface area contributed by atoms with E-state index in [1.165, 1.54) is 30.3 Å². The van der Waals surface area contributed by atoms with Crippen LogP contribution >= 0.6 is 11.6 Å². The molecule has 0 radical (unpaired) electrons. The smallest absolute Gasteiger partial charge is 0.261 e. The van der Waals surface area contributed by atoms with E-state index in [1.807, 2.05) is 31.2 Å². The highest BCUT2D eigenvalue weighted by Gasteiger charge is 2.17. The molecule has 32 heavy (non-hydrogen) atoms. The van der Waals surface area contributed by atoms with E-state index in [4.69, 9.17) is 16.3 Å². The number of rotatable bonds is 9. The van der Waals surface area contributed by atoms with Crippen LogP contribution in [0.15, 0.2) is 71.6 Å². The average Bonchev–Trinajstić information content (AvgIpc) is 2.78. The summed E-state index contributed by atoms with van der Waals surface area (Å²) in [5.41, 5.74) is 2.60. The number of hydrogen-bond donors (Lipinski definition) is 2. The van der Waals surface area contributed by atoms with Gasteiger partial charge >= 0.3 is 0 Å². The molecule has 0 fully saturated rings. The molecule has 0 unspecified atom stereocenters. The number of para-hydroxylation sites is 1. The highest BCUT2D eigenvalue weighted by atomic mass is 35.5. The van der Waals surface area contributed by atoms with Crippen molar-refractivity contribution in [1.82, 2.24) is 5.32 Å². The van der Waals surface area contributed by atoms with Crippen molar-refractivity contribution < 1.29 is 17.9 Å². The lowest BCUT2D eigenvalue weighted by molar-refractivity contribution is 0.0953. The number of ether oxygens (including phenoxy) is 1. The number of anilines is 1. The third kappa shape index (κ3) is 6.02. The van der Waals surface area contributed by atoms with E-state index in [9.17, 15) is 13.2 Å². The van der Waals surface area contributed by atoms with E-state index in [2.05, 4.69) is 10.0 Å². The molecule has 0 atom stereocenters. The van der Waals surface area contributed by atoms with Crippen LogP contribution in [0.25, 0.3) is 0 Å². The third-order valence-electron chi connectivity index (χ3n) is 4.91. The molecule has 0 saturated heterocycles. The predicted molar refractivity (Wildman–Crippen MR) is 127 cm³/mol. The summed E-state index contributed by atoms with van der Waals surface area (Å²) < 4.78 is 32.9. The van der Waals surface area contributed by atoms with Gasteiger partial charge in [-0.1, -0.05) is 47.5 Å². The zero-order valence-electron chi connectivity index (χ0n) is 17.9. The van der Waals surface area contributed by atoms with Crippen LogP contribution in [-0.2, 0) is 16.4 Å². The first-order valence-corrected chi connectivity index (χ1v) is 12.0. The molecule has 0 bridgehead atoms. The van der Waals surface area contributed by atoms with E-state index >= 15 is 0 Å². The number of benzene rings is 3. The van der Waals surface area contributed by atoms with Crippen molar-refractivity contribution in [3.63, 3.8) is 0 Å². The predicted octanol–water partition coefficient (Wildman–Crippen LogP) is 4.82. The van der Waals surface area contributed by atoms with Gasteiger partial charge in [0.1, 0.15) is 5.75 Å². The summed E-state index contributed by atoms with van der Waals surface area (Å²) in [5.74, 6) is 0.550. The minimum atomic E-state index is -3.78. The second kappa shape index (κ2) is 10.5. The van der Waals surface area contributed by atoms with Gasteiger partial charge in [0.25, 0.3) is 15.9 Å². The molecule has 1 amide bonds. The summed E-state index contributed by atoms with van der Waals surface area (Å²) >= 11 is 6.25. The van der Waals surface area contributed by atoms with Gasteiger partial charge in [-0.05, 0) is 61.7 Å². The molecule has 0 saturated carbocycles. The fourth-order valence-electron chi connectivity index (χ4n) is 3.15. The molecular weight excluding hydrogens is 448 g/mol. The van der Waals surface area contributed by atoms with Crippen molar-refractivity contribution >= 4 is 33.2 Å². The molecule has 0 heterocycles. The minimum absolute atomic E-state index is 0.135. The van der Waals surface area contributed by atoms with Crippen molar-refractivity contribution in [2.24, 2.45) is 0 Å². The van der Waals surface area contributed by atoms with Gasteiger partial charge in [0, 0.05) is 12.1 Å². The third-order valence-corrected chi connectivity index (χ3v) is 6.60. The maximum Gasteiger partial charge on any atom is 0.261 e. The molecule has 0 aliphatic rings. The van der Waals surface area contributed by atoms with Crippen molar-refractivity contribution in [2.75, 3.05) is 18.4 Å². The molecule has 0 aliphatic carbocycles. The van der Waals surface area contributed by atoms with Gasteiger partial charge < -0.3 is 10.1 Å². The molecule has 6 nitrogen and oxygen atoms in total. The molecule has 0 spiro atoms. The Morgan fingerprint density at radius 3 is 2.44 bits per heavy atom. The maximum atomic E-state index is 12.6. The Labute approximate surface area is 193 Å². The fraction of sp³-hybridized carbons (Fsp3) is 0.208. The van der Waals surface area contributed by atoms with Crippen LogP contribution in [0, 0.1) is 6.92 Å². The lowest BCUT2D eigenvalue weighted by atomic mass is 10.1. The van der Waals surface area contributed by atoms with Gasteiger partial charge in [-0.3, -0.25) is 9.52 Å². The number of methoxy groups -OCH3 is 1. The molecule has 0 aromatic heterocycles. The molecule has 2 N–H and O–H groups in total. The SMILES string of the molecule is COc1ccccc1CCCNC(=O)c1ccc(NS(=O)(=O)c2ccc(C)cc2)c(Cl)c1. The summed E-state index contributed by atoms with van der Waals surface area (Å²) in [7, 11) is -2.15. The van der Waals surface area contributed by atoms with E-state index in [-0.39, 0.29) is 21.5 Å². The Morgan fingerprint density at radius 2 is 1.75 bits per heavy atom. The van der Waals surface area contributed by atoms with Gasteiger partial charge in [-0.15, -0.1) is 0 Å². The summed E-state index contributed by atoms with van der Waals surface area (Å²) in [6, 6.07) is 18.7. The average molecular weight is 473 g/mol. The first-order chi connectivity index (χ1) is 15.3. The molecule has 3 aromatic rings. The monoisotopic (exact) mass is 472 g/mol. The number of sulfonamides is 1. The molecule has 0 aliphatic heterocycles. The van der Waals surface area contributed by atoms with E-state index in [0.29, 0.717) is 12.1 Å². The maximum absolute atomic E-state index is 12.6. The first kappa shape index (κ1) is 23.6. The van der Waals surface area contributed by atoms with Crippen LogP contribution in [0.5, 0.6) is 5.75 Å². The number of nitrogens with one attached hydrogen (secondary N) is 2. The van der Waals surface area contributed by atoms with Crippen LogP contribution in [-0.4, -0.2) is 28.0 Å². The van der Waals surface area contributed by atoms with Crippen LogP contribution in [0.1, 0.15) is 27.9 Å². The largest absolute Gasteiger partial charge is 0.496 e. The molecule has 3 rings (SSSR count). The Balaban J connectivity index is 1.58. The Bertz CT molecular complexity index is 1190. The van der Waals surface area contributed by atoms with Crippen LogP contribution in [0.2, 0.25) is 5.02 Å². The number of carbonyl (C=O) groups is 1. The number of halogens is 1. The molecule has 8 heteroatoms. The number of carbonyl (C=O) groups excluding carboxylic acids is 1. The standard InChI is InChI=1S/C24H25ClN2O4S/c1-17-9-12-20(13-10-17)32(29,30)27-22-14-11-19(16-21(22)25)24(28)26-15-5-7-18-6-3-4-8-23(18)31-2/h3-4,6,8-14,16,27H,5,7,15H2,1-2H3,(H,26,28). The highest BCUT2D eigenvalue weighted by molar-refractivity contribution is 7.92. The molecular formula is C24H25ClN2O4S. The van der Waals surface area contributed by atoms with E-state index in [0.717, 1.165) is 29.7 Å². The fourth-order valence-corrected chi connectivity index (χ4v) is 4.52. The Morgan fingerprint density at radius 1 is 1.03 bits per heavy atom. The second-order valence-corrected chi connectivity index (χ2v) is 9.37. The second-order valence-electron chi connectivity index (χ2n) is 7.28. The summed E-state index contributed by atoms with van der Waals surface area (Å²) in [6.07, 6.45) is 1.51. The van der Waals surface area contributed by atoms with Crippen molar-refractivity contribution in [3.8, 4) is 5.75 Å². The number of hydrogen-bond acceptors (Lipinski definition) is 4. The first-order valence-electron chi connectivity index (χ1n) is 10.1. The molecule has 3 aromatic carbocycles. The zero-order chi connectivity index (χ0) is 23.1. The normalized spacial score (nSPS) is 11.1. The van der Waals surface area contributed by atoms with E-state index < -0.39 is 10.0 Å². The lowest BCUT2D eigenvalue weighted by Crippen LogP contribution is -2.25. The Hall–Kier alpha value is -3.03. The zero-order valence-corrected chi connectivity index (χ0v) is 19.5. The van der Waals surface area contributed by atoms with Gasteiger partial charge in [0.2, 0.25) is 0 Å². The summed E-state index contributed by atoms with van der Waals surface area (Å²) in [5, 5.41) is 3.00. The lowest BCUT2D eigenvalue weighted by Gasteiger charge is -2.12. The Kier molecular flexibility index (Phi) is 7.77. The summed E-state index contributed by atoms with van der Waals surface area (Å²) in [6.45, 7) is 2.36. The van der Waals surface area contributed by atoms with E-state index in [1.54, 1.807) is 19.2 Å². The van der Waals surface area contributed by atoms with Gasteiger partial charge in [0.05, 0.1) is 22.7 Å². The molecule has 168 valence electrons. The van der Waals surface area contributed by atoms with Crippen LogP contribution in [0.3, 0.4) is 0 Å². The minimum Gasteiger partial charge on any atom is -0.496 e. The van der Waals surface area contributed by atoms with Crippen LogP contribution < -0.4 is 14.8 Å². The van der Waals surface area contributed by atoms with Gasteiger partial charge in [-0.2, -0.15) is 0 Å². The van der Waals surface area contributed by atoms with Crippen molar-refractivity contribution in [3.05, 3.63) is 88.4 Å². The highest BCUT2D eigenvalue weighted by Crippen LogP contribution is 2.26. The summed E-state index contributed by atoms with van der Waals surface area (Å²) in [4.78, 5) is 12.6. The number of amides is 1. The van der Waals surface area contributed by atoms with Gasteiger partial charge in [-0.25, -0.2) is 8.42 Å². The topological polar surface area (TPSA) is 84.5 Å². The quantitative estimate of drug-likeness (QED) is 0.437. The van der Waals surface area contributed by atoms with Crippen LogP contribution in [0.4, 0.5) is 5.69 Å². The van der Waals surface area contributed by atoms with Crippen molar-refractivity contribution in [2.45, 2.75) is 24.7 Å².